The predicted molar refractivity (Wildman–Crippen MR) is 201 cm³/mol. The van der Waals surface area contributed by atoms with Crippen molar-refractivity contribution in [1.82, 2.24) is 5.32 Å². The molecular formula is C45H33NO8. The van der Waals surface area contributed by atoms with Crippen molar-refractivity contribution in [3.05, 3.63) is 35.9 Å². The van der Waals surface area contributed by atoms with E-state index in [2.05, 4.69) is 147 Å². The van der Waals surface area contributed by atoms with Gasteiger partial charge in [0.15, 0.2) is 6.29 Å². The predicted octanol–water partition coefficient (Wildman–Crippen LogP) is -0.878. The number of nitrogens with one attached hydrogen (secondary N) is 1. The molecule has 0 aromatic heterocycles. The lowest BCUT2D eigenvalue weighted by atomic mass is 9.99. The number of amides is 1. The quantitative estimate of drug-likeness (QED) is 0.128. The lowest BCUT2D eigenvalue weighted by Gasteiger charge is -2.40. The standard InChI is InChI=1S/C45H33NO8/c1-2-3-4-5-6-7-8-9-10-11-12-13-14-15-16-17-18-19-20-21-22-23-27-34-41(49)46-38(39(48)33-29-28-32-37-30-25-24-26-31-37)36-53-45-44(52)43(51)42(50)40(35-47)54-45/h24-26,30-31,38-40,42-45,47-48,50-52H,28-29,32-33,35-36H2,1H3,(H,46,49)/t38-,39+,40?,42-,43-,44?,45+/m0/s1. The summed E-state index contributed by atoms with van der Waals surface area (Å²) < 4.78 is 11.0. The summed E-state index contributed by atoms with van der Waals surface area (Å²) in [7, 11) is 0. The Hall–Kier alpha value is -6.87. The molecule has 6 N–H and O–H groups in total. The van der Waals surface area contributed by atoms with Crippen LogP contribution in [-0.2, 0) is 20.7 Å². The van der Waals surface area contributed by atoms with E-state index in [0.29, 0.717) is 12.8 Å². The van der Waals surface area contributed by atoms with Crippen molar-refractivity contribution >= 4 is 5.91 Å². The minimum Gasteiger partial charge on any atom is -0.394 e. The van der Waals surface area contributed by atoms with Gasteiger partial charge in [0, 0.05) is 41.4 Å². The maximum Gasteiger partial charge on any atom is 0.297 e. The first-order valence-corrected chi connectivity index (χ1v) is 16.2. The third-order valence-corrected chi connectivity index (χ3v) is 6.74. The number of rotatable bonds is 11. The average molecular weight is 716 g/mol. The molecule has 1 aliphatic rings. The average Bonchev–Trinajstić information content (AvgIpc) is 3.18. The van der Waals surface area contributed by atoms with Gasteiger partial charge in [-0.3, -0.25) is 4.79 Å². The number of unbranched alkanes of at least 4 members (excludes halogenated alkanes) is 1. The maximum absolute atomic E-state index is 12.6. The molecule has 54 heavy (non-hydrogen) atoms. The molecule has 7 atom stereocenters. The van der Waals surface area contributed by atoms with Crippen molar-refractivity contribution in [2.75, 3.05) is 13.2 Å². The monoisotopic (exact) mass is 715 g/mol. The lowest BCUT2D eigenvalue weighted by Crippen LogP contribution is -2.60. The van der Waals surface area contributed by atoms with E-state index in [1.807, 2.05) is 30.3 Å². The van der Waals surface area contributed by atoms with E-state index in [0.717, 1.165) is 18.4 Å². The van der Waals surface area contributed by atoms with E-state index < -0.39 is 55.4 Å². The van der Waals surface area contributed by atoms with Crippen LogP contribution in [0.3, 0.4) is 0 Å². The van der Waals surface area contributed by atoms with Crippen LogP contribution >= 0.6 is 0 Å². The molecule has 1 heterocycles. The summed E-state index contributed by atoms with van der Waals surface area (Å²) in [5.74, 6) is 58.6. The number of carbonyl (C=O) groups is 1. The van der Waals surface area contributed by atoms with Crippen LogP contribution in [0.2, 0.25) is 0 Å². The first-order valence-electron chi connectivity index (χ1n) is 16.2. The first-order chi connectivity index (χ1) is 26.4. The van der Waals surface area contributed by atoms with Crippen molar-refractivity contribution in [2.45, 2.75) is 75.5 Å². The van der Waals surface area contributed by atoms with Crippen molar-refractivity contribution in [2.24, 2.45) is 0 Å². The van der Waals surface area contributed by atoms with Crippen LogP contribution in [0.1, 0.15) is 31.7 Å². The molecule has 2 unspecified atom stereocenters. The minimum absolute atomic E-state index is 0.306. The van der Waals surface area contributed by atoms with Crippen LogP contribution in [0.15, 0.2) is 30.3 Å². The summed E-state index contributed by atoms with van der Waals surface area (Å²) in [6, 6.07) is 8.87. The van der Waals surface area contributed by atoms with E-state index in [1.165, 1.54) is 0 Å². The molecule has 0 aliphatic carbocycles. The number of hydrogen-bond acceptors (Lipinski definition) is 8. The number of hydrogen-bond donors (Lipinski definition) is 6. The fourth-order valence-corrected chi connectivity index (χ4v) is 4.16. The zero-order valence-corrected chi connectivity index (χ0v) is 29.1. The van der Waals surface area contributed by atoms with Gasteiger partial charge >= 0.3 is 0 Å². The molecule has 0 radical (unpaired) electrons. The Morgan fingerprint density at radius 1 is 0.704 bits per heavy atom. The maximum atomic E-state index is 12.6. The molecule has 0 bridgehead atoms. The fraction of sp³-hybridized carbons (Fsp3) is 0.311. The second kappa shape index (κ2) is 27.8. The molecule has 1 saturated heterocycles. The molecule has 1 amide bonds. The van der Waals surface area contributed by atoms with Gasteiger partial charge in [-0.25, -0.2) is 0 Å². The Morgan fingerprint density at radius 2 is 1.19 bits per heavy atom. The van der Waals surface area contributed by atoms with Gasteiger partial charge in [-0.05, 0) is 126 Å². The van der Waals surface area contributed by atoms with E-state index in [9.17, 15) is 30.3 Å². The van der Waals surface area contributed by atoms with Gasteiger partial charge < -0.3 is 40.3 Å². The molecule has 1 aliphatic heterocycles. The van der Waals surface area contributed by atoms with Crippen LogP contribution < -0.4 is 5.32 Å². The van der Waals surface area contributed by atoms with Crippen molar-refractivity contribution in [3.8, 4) is 142 Å². The smallest absolute Gasteiger partial charge is 0.297 e. The topological polar surface area (TPSA) is 149 Å². The summed E-state index contributed by atoms with van der Waals surface area (Å²) in [5.41, 5.74) is 1.16. The highest BCUT2D eigenvalue weighted by atomic mass is 16.7. The Morgan fingerprint density at radius 3 is 1.67 bits per heavy atom. The second-order valence-electron chi connectivity index (χ2n) is 10.5. The summed E-state index contributed by atoms with van der Waals surface area (Å²) in [6.45, 7) is 0.695. The molecule has 266 valence electrons. The number of aryl methyl sites for hydroxylation is 1. The van der Waals surface area contributed by atoms with E-state index in [4.69, 9.17) is 9.47 Å². The van der Waals surface area contributed by atoms with Gasteiger partial charge in [0.25, 0.3) is 5.91 Å². The van der Waals surface area contributed by atoms with Gasteiger partial charge in [0.05, 0.1) is 25.4 Å². The number of benzene rings is 1. The third-order valence-electron chi connectivity index (χ3n) is 6.74. The largest absolute Gasteiger partial charge is 0.394 e. The highest BCUT2D eigenvalue weighted by Gasteiger charge is 2.44. The van der Waals surface area contributed by atoms with Gasteiger partial charge in [-0.2, -0.15) is 0 Å². The summed E-state index contributed by atoms with van der Waals surface area (Å²) in [5, 5.41) is 53.3. The lowest BCUT2D eigenvalue weighted by molar-refractivity contribution is -0.302. The van der Waals surface area contributed by atoms with Crippen LogP contribution in [0, 0.1) is 142 Å². The molecule has 1 aromatic rings. The van der Waals surface area contributed by atoms with Gasteiger partial charge in [-0.1, -0.05) is 42.7 Å². The summed E-state index contributed by atoms with van der Waals surface area (Å²) >= 11 is 0. The third kappa shape index (κ3) is 18.9. The number of aliphatic hydroxyl groups excluding tert-OH is 5. The zero-order chi connectivity index (χ0) is 39.1. The summed E-state index contributed by atoms with van der Waals surface area (Å²) in [4.78, 5) is 12.6. The highest BCUT2D eigenvalue weighted by molar-refractivity contribution is 5.94. The molecule has 1 aromatic carbocycles. The van der Waals surface area contributed by atoms with E-state index in [1.54, 1.807) is 6.92 Å². The molecule has 9 heteroatoms. The number of ether oxygens (including phenoxy) is 2. The Kier molecular flexibility index (Phi) is 22.3. The number of carbonyl (C=O) groups excluding carboxylic acids is 1. The molecule has 2 rings (SSSR count). The Bertz CT molecular complexity index is 2230. The van der Waals surface area contributed by atoms with Gasteiger partial charge in [0.1, 0.15) is 24.4 Å². The molecule has 0 saturated carbocycles. The molecule has 9 nitrogen and oxygen atoms in total. The van der Waals surface area contributed by atoms with Crippen molar-refractivity contribution in [3.63, 3.8) is 0 Å². The van der Waals surface area contributed by atoms with Crippen LogP contribution in [-0.4, -0.2) is 87.5 Å². The number of aliphatic hydroxyl groups is 5. The van der Waals surface area contributed by atoms with Crippen molar-refractivity contribution < 1.29 is 39.8 Å². The van der Waals surface area contributed by atoms with Crippen molar-refractivity contribution in [1.29, 1.82) is 0 Å². The van der Waals surface area contributed by atoms with Gasteiger partial charge in [0.2, 0.25) is 0 Å². The minimum atomic E-state index is -1.65. The highest BCUT2D eigenvalue weighted by Crippen LogP contribution is 2.22. The Balaban J connectivity index is 1.92. The molecule has 1 fully saturated rings. The van der Waals surface area contributed by atoms with E-state index in [-0.39, 0.29) is 6.61 Å². The SMILES string of the molecule is CC#CC#CC#CC#CC#CC#CC#CC#CC#CC#CC#CC#CC(=O)N[C@@H](CO[C@@H]1OC(CO)[C@H](O)[C@H](O)C1O)[C@H](O)CCCCc1ccccc1. The molecule has 0 spiro atoms. The van der Waals surface area contributed by atoms with Crippen LogP contribution in [0.4, 0.5) is 0 Å². The van der Waals surface area contributed by atoms with Crippen LogP contribution in [0.25, 0.3) is 0 Å². The summed E-state index contributed by atoms with van der Waals surface area (Å²) in [6.07, 6.45) is -6.03. The van der Waals surface area contributed by atoms with Gasteiger partial charge in [-0.15, -0.1) is 0 Å². The van der Waals surface area contributed by atoms with E-state index >= 15 is 0 Å². The first kappa shape index (κ1) is 43.3. The Labute approximate surface area is 317 Å². The second-order valence-corrected chi connectivity index (χ2v) is 10.5. The molecular weight excluding hydrogens is 682 g/mol. The normalized spacial score (nSPS) is 17.7. The fourth-order valence-electron chi connectivity index (χ4n) is 4.16. The van der Waals surface area contributed by atoms with Crippen LogP contribution in [0.5, 0.6) is 0 Å². The zero-order valence-electron chi connectivity index (χ0n) is 29.1.